The van der Waals surface area contributed by atoms with Crippen molar-refractivity contribution in [1.29, 1.82) is 0 Å². The highest BCUT2D eigenvalue weighted by atomic mass is 32.2. The van der Waals surface area contributed by atoms with Gasteiger partial charge in [0.15, 0.2) is 5.16 Å². The molecule has 3 heterocycles. The minimum atomic E-state index is 0.0665. The number of benzene rings is 1. The first-order chi connectivity index (χ1) is 12.5. The van der Waals surface area contributed by atoms with E-state index in [0.29, 0.717) is 5.75 Å². The summed E-state index contributed by atoms with van der Waals surface area (Å²) in [7, 11) is 0. The fourth-order valence-electron chi connectivity index (χ4n) is 2.95. The molecule has 0 aliphatic carbocycles. The molecule has 0 radical (unpaired) electrons. The lowest BCUT2D eigenvalue weighted by Crippen LogP contribution is -2.24. The number of aryl methyl sites for hydroxylation is 2. The second-order valence-electron chi connectivity index (χ2n) is 6.49. The number of thiophene rings is 1. The van der Waals surface area contributed by atoms with Crippen LogP contribution in [0.1, 0.15) is 35.3 Å². The van der Waals surface area contributed by atoms with Crippen LogP contribution in [0.25, 0.3) is 20.4 Å². The van der Waals surface area contributed by atoms with E-state index in [1.165, 1.54) is 4.70 Å². The lowest BCUT2D eigenvalue weighted by atomic mass is 10.2. The van der Waals surface area contributed by atoms with Gasteiger partial charge >= 0.3 is 0 Å². The summed E-state index contributed by atoms with van der Waals surface area (Å²) in [5.41, 5.74) is 2.15. The molecule has 7 heteroatoms. The molecule has 0 saturated heterocycles. The standard InChI is InChI=1S/C19H19N3OS3/c1-10(2)22-18(23)16-11(3)12(4)25-17(16)21-19(22)24-9-15-20-13-7-5-6-8-14(13)26-15/h5-8,10H,9H2,1-4H3. The van der Waals surface area contributed by atoms with Crippen LogP contribution in [-0.2, 0) is 5.75 Å². The Kier molecular flexibility index (Phi) is 4.62. The predicted octanol–water partition coefficient (Wildman–Crippen LogP) is 5.56. The fourth-order valence-corrected chi connectivity index (χ4v) is 6.11. The number of thiazole rings is 1. The zero-order valence-electron chi connectivity index (χ0n) is 15.1. The average Bonchev–Trinajstić information content (AvgIpc) is 3.13. The molecule has 0 amide bonds. The van der Waals surface area contributed by atoms with Crippen LogP contribution in [-0.4, -0.2) is 14.5 Å². The maximum absolute atomic E-state index is 13.1. The Labute approximate surface area is 163 Å². The third-order valence-corrected chi connectivity index (χ3v) is 7.67. The maximum Gasteiger partial charge on any atom is 0.263 e. The van der Waals surface area contributed by atoms with E-state index in [-0.39, 0.29) is 11.6 Å². The number of hydrogen-bond donors (Lipinski definition) is 0. The average molecular weight is 402 g/mol. The van der Waals surface area contributed by atoms with E-state index in [1.54, 1.807) is 34.4 Å². The summed E-state index contributed by atoms with van der Waals surface area (Å²) in [6.45, 7) is 8.13. The van der Waals surface area contributed by atoms with Crippen molar-refractivity contribution < 1.29 is 0 Å². The van der Waals surface area contributed by atoms with Gasteiger partial charge in [0.1, 0.15) is 9.84 Å². The number of aromatic nitrogens is 3. The zero-order chi connectivity index (χ0) is 18.4. The van der Waals surface area contributed by atoms with Gasteiger partial charge in [0.25, 0.3) is 5.56 Å². The minimum Gasteiger partial charge on any atom is -0.284 e. The molecule has 4 aromatic rings. The second kappa shape index (κ2) is 6.79. The van der Waals surface area contributed by atoms with Crippen LogP contribution in [0.4, 0.5) is 0 Å². The Morgan fingerprint density at radius 1 is 1.15 bits per heavy atom. The summed E-state index contributed by atoms with van der Waals surface area (Å²) in [6.07, 6.45) is 0. The molecule has 0 N–H and O–H groups in total. The van der Waals surface area contributed by atoms with Crippen LogP contribution in [0, 0.1) is 13.8 Å². The topological polar surface area (TPSA) is 47.8 Å². The Hall–Kier alpha value is -1.70. The van der Waals surface area contributed by atoms with Crippen molar-refractivity contribution in [1.82, 2.24) is 14.5 Å². The van der Waals surface area contributed by atoms with Crippen LogP contribution < -0.4 is 5.56 Å². The van der Waals surface area contributed by atoms with Crippen LogP contribution in [0.2, 0.25) is 0 Å². The van der Waals surface area contributed by atoms with Gasteiger partial charge in [0, 0.05) is 10.9 Å². The number of hydrogen-bond acceptors (Lipinski definition) is 6. The molecule has 0 bridgehead atoms. The summed E-state index contributed by atoms with van der Waals surface area (Å²) in [5.74, 6) is 0.716. The van der Waals surface area contributed by atoms with Gasteiger partial charge in [-0.1, -0.05) is 23.9 Å². The first kappa shape index (κ1) is 17.7. The monoisotopic (exact) mass is 401 g/mol. The van der Waals surface area contributed by atoms with E-state index < -0.39 is 0 Å². The van der Waals surface area contributed by atoms with E-state index in [2.05, 4.69) is 13.0 Å². The molecule has 0 saturated carbocycles. The predicted molar refractivity (Wildman–Crippen MR) is 113 cm³/mol. The molecule has 0 atom stereocenters. The molecule has 3 aromatic heterocycles. The van der Waals surface area contributed by atoms with Gasteiger partial charge < -0.3 is 0 Å². The molecule has 134 valence electrons. The summed E-state index contributed by atoms with van der Waals surface area (Å²) in [5, 5.41) is 2.60. The van der Waals surface area contributed by atoms with Crippen molar-refractivity contribution in [2.45, 2.75) is 44.6 Å². The molecule has 0 aliphatic heterocycles. The highest BCUT2D eigenvalue weighted by Crippen LogP contribution is 2.32. The zero-order valence-corrected chi connectivity index (χ0v) is 17.5. The van der Waals surface area contributed by atoms with Crippen molar-refractivity contribution >= 4 is 54.9 Å². The third kappa shape index (κ3) is 2.98. The van der Waals surface area contributed by atoms with Crippen molar-refractivity contribution in [2.75, 3.05) is 0 Å². The number of para-hydroxylation sites is 1. The van der Waals surface area contributed by atoms with E-state index in [9.17, 15) is 4.79 Å². The summed E-state index contributed by atoms with van der Waals surface area (Å²) < 4.78 is 3.01. The van der Waals surface area contributed by atoms with Gasteiger partial charge in [-0.2, -0.15) is 0 Å². The van der Waals surface area contributed by atoms with Crippen LogP contribution in [0.5, 0.6) is 0 Å². The summed E-state index contributed by atoms with van der Waals surface area (Å²) in [4.78, 5) is 24.6. The van der Waals surface area contributed by atoms with Gasteiger partial charge in [-0.05, 0) is 45.4 Å². The molecular formula is C19H19N3OS3. The normalized spacial score (nSPS) is 11.9. The molecule has 26 heavy (non-hydrogen) atoms. The number of nitrogens with zero attached hydrogens (tertiary/aromatic N) is 3. The Morgan fingerprint density at radius 2 is 1.92 bits per heavy atom. The third-order valence-electron chi connectivity index (χ3n) is 4.38. The van der Waals surface area contributed by atoms with E-state index in [1.807, 2.05) is 43.5 Å². The molecule has 0 fully saturated rings. The molecule has 0 unspecified atom stereocenters. The van der Waals surface area contributed by atoms with Crippen molar-refractivity contribution in [3.05, 3.63) is 50.1 Å². The largest absolute Gasteiger partial charge is 0.284 e. The lowest BCUT2D eigenvalue weighted by Gasteiger charge is -2.14. The lowest BCUT2D eigenvalue weighted by molar-refractivity contribution is 0.519. The van der Waals surface area contributed by atoms with Crippen LogP contribution >= 0.6 is 34.4 Å². The highest BCUT2D eigenvalue weighted by molar-refractivity contribution is 7.98. The summed E-state index contributed by atoms with van der Waals surface area (Å²) >= 11 is 4.90. The molecule has 4 nitrogen and oxygen atoms in total. The highest BCUT2D eigenvalue weighted by Gasteiger charge is 2.18. The molecule has 1 aromatic carbocycles. The smallest absolute Gasteiger partial charge is 0.263 e. The van der Waals surface area contributed by atoms with Gasteiger partial charge in [-0.25, -0.2) is 9.97 Å². The van der Waals surface area contributed by atoms with Crippen LogP contribution in [0.15, 0.2) is 34.2 Å². The first-order valence-electron chi connectivity index (χ1n) is 8.45. The molecular weight excluding hydrogens is 382 g/mol. The molecule has 0 aliphatic rings. The van der Waals surface area contributed by atoms with Gasteiger partial charge in [0.2, 0.25) is 0 Å². The SMILES string of the molecule is Cc1sc2nc(SCc3nc4ccccc4s3)n(C(C)C)c(=O)c2c1C. The Balaban J connectivity index is 1.75. The van der Waals surface area contributed by atoms with E-state index >= 15 is 0 Å². The van der Waals surface area contributed by atoms with E-state index in [4.69, 9.17) is 9.97 Å². The Morgan fingerprint density at radius 3 is 2.65 bits per heavy atom. The first-order valence-corrected chi connectivity index (χ1v) is 11.1. The second-order valence-corrected chi connectivity index (χ2v) is 9.75. The van der Waals surface area contributed by atoms with Gasteiger partial charge in [-0.15, -0.1) is 22.7 Å². The number of fused-ring (bicyclic) bond motifs is 2. The molecule has 4 rings (SSSR count). The Bertz CT molecular complexity index is 1140. The van der Waals surface area contributed by atoms with E-state index in [0.717, 1.165) is 36.3 Å². The summed E-state index contributed by atoms with van der Waals surface area (Å²) in [6, 6.07) is 8.23. The molecule has 0 spiro atoms. The van der Waals surface area contributed by atoms with Crippen molar-refractivity contribution in [2.24, 2.45) is 0 Å². The van der Waals surface area contributed by atoms with Crippen molar-refractivity contribution in [3.63, 3.8) is 0 Å². The van der Waals surface area contributed by atoms with Gasteiger partial charge in [0.05, 0.1) is 21.4 Å². The fraction of sp³-hybridized carbons (Fsp3) is 0.316. The number of thioether (sulfide) groups is 1. The van der Waals surface area contributed by atoms with Gasteiger partial charge in [-0.3, -0.25) is 9.36 Å². The quantitative estimate of drug-likeness (QED) is 0.332. The minimum absolute atomic E-state index is 0.0665. The number of rotatable bonds is 4. The maximum atomic E-state index is 13.1. The van der Waals surface area contributed by atoms with Crippen molar-refractivity contribution in [3.8, 4) is 0 Å². The van der Waals surface area contributed by atoms with Crippen LogP contribution in [0.3, 0.4) is 0 Å².